The van der Waals surface area contributed by atoms with Crippen molar-refractivity contribution in [1.82, 2.24) is 10.1 Å². The van der Waals surface area contributed by atoms with E-state index in [1.807, 2.05) is 25.1 Å². The normalized spacial score (nSPS) is 20.9. The van der Waals surface area contributed by atoms with Gasteiger partial charge in [-0.25, -0.2) is 0 Å². The summed E-state index contributed by atoms with van der Waals surface area (Å²) in [5, 5.41) is 13.6. The lowest BCUT2D eigenvalue weighted by Gasteiger charge is -2.22. The molecule has 1 N–H and O–H groups in total. The molecule has 0 bridgehead atoms. The maximum atomic E-state index is 9.57. The summed E-state index contributed by atoms with van der Waals surface area (Å²) in [5.41, 5.74) is 1.17. The van der Waals surface area contributed by atoms with Crippen LogP contribution < -0.4 is 4.74 Å². The van der Waals surface area contributed by atoms with Crippen molar-refractivity contribution in [1.29, 1.82) is 0 Å². The highest BCUT2D eigenvalue weighted by Crippen LogP contribution is 2.31. The molecule has 1 aliphatic rings. The van der Waals surface area contributed by atoms with Crippen LogP contribution in [0.2, 0.25) is 0 Å². The van der Waals surface area contributed by atoms with E-state index < -0.39 is 6.10 Å². The van der Waals surface area contributed by atoms with Crippen LogP contribution in [0.4, 0.5) is 0 Å². The second kappa shape index (κ2) is 5.25. The number of nitrogens with zero attached hydrogens (tertiary/aromatic N) is 2. The van der Waals surface area contributed by atoms with E-state index in [2.05, 4.69) is 16.2 Å². The molecule has 0 saturated heterocycles. The average Bonchev–Trinajstić information content (AvgIpc) is 2.95. The SMILES string of the molecule is CC(O)C(C)c1nc(C2COc3ccccc3C2)no1. The number of para-hydroxylation sites is 1. The molecular weight excluding hydrogens is 256 g/mol. The van der Waals surface area contributed by atoms with E-state index in [0.29, 0.717) is 18.3 Å². The summed E-state index contributed by atoms with van der Waals surface area (Å²) in [6.07, 6.45) is 0.338. The van der Waals surface area contributed by atoms with Crippen LogP contribution in [-0.2, 0) is 6.42 Å². The van der Waals surface area contributed by atoms with Gasteiger partial charge in [-0.2, -0.15) is 4.98 Å². The van der Waals surface area contributed by atoms with E-state index in [-0.39, 0.29) is 11.8 Å². The van der Waals surface area contributed by atoms with Crippen molar-refractivity contribution in [3.8, 4) is 5.75 Å². The van der Waals surface area contributed by atoms with Crippen molar-refractivity contribution in [2.24, 2.45) is 0 Å². The molecule has 1 aromatic heterocycles. The first-order chi connectivity index (χ1) is 9.65. The molecule has 3 unspecified atom stereocenters. The lowest BCUT2D eigenvalue weighted by atomic mass is 9.96. The van der Waals surface area contributed by atoms with Gasteiger partial charge in [0.05, 0.1) is 24.5 Å². The van der Waals surface area contributed by atoms with Crippen molar-refractivity contribution in [3.63, 3.8) is 0 Å². The summed E-state index contributed by atoms with van der Waals surface area (Å²) in [6.45, 7) is 4.14. The van der Waals surface area contributed by atoms with Crippen molar-refractivity contribution in [2.75, 3.05) is 6.61 Å². The third kappa shape index (κ3) is 2.41. The van der Waals surface area contributed by atoms with Crippen molar-refractivity contribution < 1.29 is 14.4 Å². The fraction of sp³-hybridized carbons (Fsp3) is 0.467. The van der Waals surface area contributed by atoms with E-state index >= 15 is 0 Å². The first kappa shape index (κ1) is 13.1. The molecule has 1 aromatic carbocycles. The molecule has 0 spiro atoms. The van der Waals surface area contributed by atoms with Crippen LogP contribution in [0, 0.1) is 0 Å². The van der Waals surface area contributed by atoms with E-state index in [0.717, 1.165) is 12.2 Å². The largest absolute Gasteiger partial charge is 0.493 e. The monoisotopic (exact) mass is 274 g/mol. The maximum Gasteiger partial charge on any atom is 0.232 e. The number of aromatic nitrogens is 2. The number of hydrogen-bond acceptors (Lipinski definition) is 5. The molecule has 106 valence electrons. The predicted molar refractivity (Wildman–Crippen MR) is 72.8 cm³/mol. The molecule has 2 aromatic rings. The molecule has 2 heterocycles. The number of aliphatic hydroxyl groups is 1. The van der Waals surface area contributed by atoms with Gasteiger partial charge in [-0.3, -0.25) is 0 Å². The molecule has 3 atom stereocenters. The van der Waals surface area contributed by atoms with Crippen LogP contribution in [0.5, 0.6) is 5.75 Å². The van der Waals surface area contributed by atoms with Gasteiger partial charge >= 0.3 is 0 Å². The van der Waals surface area contributed by atoms with Gasteiger partial charge < -0.3 is 14.4 Å². The molecule has 5 nitrogen and oxygen atoms in total. The fourth-order valence-corrected chi connectivity index (χ4v) is 2.30. The van der Waals surface area contributed by atoms with Gasteiger partial charge in [-0.1, -0.05) is 30.3 Å². The number of benzene rings is 1. The first-order valence-electron chi connectivity index (χ1n) is 6.87. The van der Waals surface area contributed by atoms with Crippen LogP contribution >= 0.6 is 0 Å². The van der Waals surface area contributed by atoms with E-state index in [1.54, 1.807) is 6.92 Å². The average molecular weight is 274 g/mol. The minimum absolute atomic E-state index is 0.101. The smallest absolute Gasteiger partial charge is 0.232 e. The third-order valence-electron chi connectivity index (χ3n) is 3.81. The lowest BCUT2D eigenvalue weighted by Crippen LogP contribution is -2.20. The molecular formula is C15H18N2O3. The topological polar surface area (TPSA) is 68.4 Å². The molecule has 0 radical (unpaired) electrons. The quantitative estimate of drug-likeness (QED) is 0.930. The van der Waals surface area contributed by atoms with E-state index in [9.17, 15) is 5.11 Å². The summed E-state index contributed by atoms with van der Waals surface area (Å²) in [6, 6.07) is 8.00. The van der Waals surface area contributed by atoms with Gasteiger partial charge in [0.25, 0.3) is 0 Å². The van der Waals surface area contributed by atoms with Gasteiger partial charge in [0.2, 0.25) is 5.89 Å². The van der Waals surface area contributed by atoms with Crippen molar-refractivity contribution >= 4 is 0 Å². The number of rotatable bonds is 3. The van der Waals surface area contributed by atoms with Gasteiger partial charge in [-0.05, 0) is 25.0 Å². The minimum atomic E-state index is -0.508. The van der Waals surface area contributed by atoms with E-state index in [4.69, 9.17) is 9.26 Å². The van der Waals surface area contributed by atoms with Crippen molar-refractivity contribution in [2.45, 2.75) is 38.2 Å². The van der Waals surface area contributed by atoms with Crippen LogP contribution in [0.25, 0.3) is 0 Å². The Morgan fingerprint density at radius 2 is 2.10 bits per heavy atom. The highest BCUT2D eigenvalue weighted by Gasteiger charge is 2.27. The summed E-state index contributed by atoms with van der Waals surface area (Å²) in [5.74, 6) is 2.01. The summed E-state index contributed by atoms with van der Waals surface area (Å²) in [4.78, 5) is 4.41. The van der Waals surface area contributed by atoms with Gasteiger partial charge in [0.15, 0.2) is 5.82 Å². The third-order valence-corrected chi connectivity index (χ3v) is 3.81. The Balaban J connectivity index is 1.78. The Morgan fingerprint density at radius 3 is 2.90 bits per heavy atom. The van der Waals surface area contributed by atoms with E-state index in [1.165, 1.54) is 5.56 Å². The van der Waals surface area contributed by atoms with Crippen LogP contribution in [0.3, 0.4) is 0 Å². The summed E-state index contributed by atoms with van der Waals surface area (Å²) >= 11 is 0. The molecule has 0 saturated carbocycles. The Labute approximate surface area is 117 Å². The Kier molecular flexibility index (Phi) is 3.44. The highest BCUT2D eigenvalue weighted by atomic mass is 16.5. The Morgan fingerprint density at radius 1 is 1.30 bits per heavy atom. The molecule has 5 heteroatoms. The fourth-order valence-electron chi connectivity index (χ4n) is 2.30. The number of ether oxygens (including phenoxy) is 1. The second-order valence-corrected chi connectivity index (χ2v) is 5.34. The number of hydrogen-bond donors (Lipinski definition) is 1. The summed E-state index contributed by atoms with van der Waals surface area (Å²) < 4.78 is 11.0. The minimum Gasteiger partial charge on any atom is -0.493 e. The highest BCUT2D eigenvalue weighted by molar-refractivity contribution is 5.36. The predicted octanol–water partition coefficient (Wildman–Crippen LogP) is 2.27. The Hall–Kier alpha value is -1.88. The molecule has 0 fully saturated rings. The second-order valence-electron chi connectivity index (χ2n) is 5.34. The number of fused-ring (bicyclic) bond motifs is 1. The molecule has 20 heavy (non-hydrogen) atoms. The lowest BCUT2D eigenvalue weighted by molar-refractivity contribution is 0.151. The van der Waals surface area contributed by atoms with Gasteiger partial charge in [-0.15, -0.1) is 0 Å². The molecule has 3 rings (SSSR count). The Bertz CT molecular complexity index is 594. The standard InChI is InChI=1S/C15H18N2O3/c1-9(10(2)18)15-16-14(17-20-15)12-7-11-5-3-4-6-13(11)19-8-12/h3-6,9-10,12,18H,7-8H2,1-2H3. The van der Waals surface area contributed by atoms with Crippen molar-refractivity contribution in [3.05, 3.63) is 41.5 Å². The zero-order valence-corrected chi connectivity index (χ0v) is 11.6. The first-order valence-corrected chi connectivity index (χ1v) is 6.87. The summed E-state index contributed by atoms with van der Waals surface area (Å²) in [7, 11) is 0. The molecule has 0 aliphatic carbocycles. The molecule has 1 aliphatic heterocycles. The van der Waals surface area contributed by atoms with Crippen LogP contribution in [0.1, 0.15) is 43.0 Å². The van der Waals surface area contributed by atoms with Gasteiger partial charge in [0, 0.05) is 0 Å². The number of aliphatic hydroxyl groups excluding tert-OH is 1. The van der Waals surface area contributed by atoms with Crippen LogP contribution in [0.15, 0.2) is 28.8 Å². The maximum absolute atomic E-state index is 9.57. The van der Waals surface area contributed by atoms with Crippen LogP contribution in [-0.4, -0.2) is 28.0 Å². The molecule has 0 amide bonds. The van der Waals surface area contributed by atoms with Gasteiger partial charge in [0.1, 0.15) is 5.75 Å². The zero-order valence-electron chi connectivity index (χ0n) is 11.6. The zero-order chi connectivity index (χ0) is 14.1.